The molecule has 2 bridgehead atoms. The Morgan fingerprint density at radius 2 is 1.58 bits per heavy atom. The van der Waals surface area contributed by atoms with Gasteiger partial charge in [0, 0.05) is 42.2 Å². The van der Waals surface area contributed by atoms with Crippen LogP contribution in [0.4, 0.5) is 0 Å². The summed E-state index contributed by atoms with van der Waals surface area (Å²) >= 11 is 0. The van der Waals surface area contributed by atoms with E-state index in [1.54, 1.807) is 60.7 Å². The normalized spacial score (nSPS) is 18.8. The SMILES string of the molecule is C1CN2CCC1CC2.CNCCCCNC[C@H](O)c1ccc(O)c2[nH]c(=O)ccc12.O=Cc1ccc(C(=O)N2CC(C(=O)O)(c3ccccc3)C2)cc1. The summed E-state index contributed by atoms with van der Waals surface area (Å²) in [5.41, 5.74) is 1.37. The van der Waals surface area contributed by atoms with Crippen LogP contribution in [0.3, 0.4) is 0 Å². The Balaban J connectivity index is 0.000000169. The van der Waals surface area contributed by atoms with Gasteiger partial charge in [0.05, 0.1) is 11.6 Å². The third-order valence-corrected chi connectivity index (χ3v) is 10.4. The predicted molar refractivity (Wildman–Crippen MR) is 204 cm³/mol. The predicted octanol–water partition coefficient (Wildman–Crippen LogP) is 3.94. The number of carboxylic acid groups (broad SMARTS) is 1. The van der Waals surface area contributed by atoms with E-state index >= 15 is 0 Å². The average Bonchev–Trinajstić information content (AvgIpc) is 3.17. The number of unbranched alkanes of at least 4 members (excludes halogenated alkanes) is 1. The van der Waals surface area contributed by atoms with Crippen molar-refractivity contribution >= 4 is 29.1 Å². The number of carbonyl (C=O) groups is 3. The molecule has 5 heterocycles. The maximum atomic E-state index is 12.4. The fraction of sp³-hybridized carbons (Fsp3) is 0.415. The highest BCUT2D eigenvalue weighted by Crippen LogP contribution is 2.36. The first-order valence-corrected chi connectivity index (χ1v) is 18.4. The second-order valence-corrected chi connectivity index (χ2v) is 14.0. The Kier molecular flexibility index (Phi) is 13.9. The summed E-state index contributed by atoms with van der Waals surface area (Å²) in [7, 11) is 1.93. The van der Waals surface area contributed by atoms with Gasteiger partial charge in [0.2, 0.25) is 5.56 Å². The van der Waals surface area contributed by atoms with E-state index in [1.165, 1.54) is 55.9 Å². The fourth-order valence-electron chi connectivity index (χ4n) is 7.15. The number of benzene rings is 3. The zero-order valence-corrected chi connectivity index (χ0v) is 30.3. The van der Waals surface area contributed by atoms with Gasteiger partial charge in [-0.1, -0.05) is 48.5 Å². The first-order chi connectivity index (χ1) is 25.6. The summed E-state index contributed by atoms with van der Waals surface area (Å²) < 4.78 is 0. The second-order valence-electron chi connectivity index (χ2n) is 14.0. The molecule has 0 unspecified atom stereocenters. The second kappa shape index (κ2) is 18.7. The largest absolute Gasteiger partial charge is 0.506 e. The number of nitrogens with one attached hydrogen (secondary N) is 3. The Morgan fingerprint density at radius 3 is 2.15 bits per heavy atom. The summed E-state index contributed by atoms with van der Waals surface area (Å²) in [6.07, 6.45) is 6.60. The van der Waals surface area contributed by atoms with Crippen LogP contribution in [0.5, 0.6) is 5.75 Å². The number of aliphatic carboxylic acids is 1. The van der Waals surface area contributed by atoms with E-state index in [-0.39, 0.29) is 30.3 Å². The van der Waals surface area contributed by atoms with Gasteiger partial charge in [-0.05, 0) is 113 Å². The molecule has 0 aliphatic carbocycles. The van der Waals surface area contributed by atoms with Gasteiger partial charge in [0.25, 0.3) is 5.91 Å². The first-order valence-electron chi connectivity index (χ1n) is 18.4. The highest BCUT2D eigenvalue weighted by molar-refractivity contribution is 5.98. The van der Waals surface area contributed by atoms with Gasteiger partial charge in [-0.3, -0.25) is 19.2 Å². The van der Waals surface area contributed by atoms with Crippen LogP contribution in [0.25, 0.3) is 10.9 Å². The molecule has 0 spiro atoms. The van der Waals surface area contributed by atoms with Crippen molar-refractivity contribution in [2.75, 3.05) is 59.4 Å². The van der Waals surface area contributed by atoms with Crippen molar-refractivity contribution in [3.63, 3.8) is 0 Å². The number of pyridine rings is 1. The molecular weight excluding hydrogens is 674 g/mol. The first kappa shape index (κ1) is 39.3. The molecular formula is C41H51N5O7. The number of amides is 1. The molecule has 53 heavy (non-hydrogen) atoms. The minimum absolute atomic E-state index is 0.00340. The molecule has 6 N–H and O–H groups in total. The number of aromatic amines is 1. The van der Waals surface area contributed by atoms with Crippen molar-refractivity contribution in [2.45, 2.75) is 43.6 Å². The van der Waals surface area contributed by atoms with Crippen molar-refractivity contribution in [1.29, 1.82) is 0 Å². The number of hydrogen-bond acceptors (Lipinski definition) is 9. The number of aldehydes is 1. The van der Waals surface area contributed by atoms with Gasteiger partial charge < -0.3 is 40.7 Å². The van der Waals surface area contributed by atoms with Crippen LogP contribution >= 0.6 is 0 Å². The lowest BCUT2D eigenvalue weighted by atomic mass is 9.73. The molecule has 282 valence electrons. The summed E-state index contributed by atoms with van der Waals surface area (Å²) in [4.78, 5) is 52.8. The number of H-pyrrole nitrogens is 1. The minimum Gasteiger partial charge on any atom is -0.506 e. The van der Waals surface area contributed by atoms with Gasteiger partial charge in [-0.25, -0.2) is 0 Å². The molecule has 4 saturated heterocycles. The van der Waals surface area contributed by atoms with Gasteiger partial charge in [0.15, 0.2) is 0 Å². The number of phenolic OH excluding ortho intramolecular Hbond substituents is 1. The van der Waals surface area contributed by atoms with Crippen molar-refractivity contribution in [2.24, 2.45) is 5.92 Å². The quantitative estimate of drug-likeness (QED) is 0.0928. The number of aromatic nitrogens is 1. The molecule has 3 aromatic carbocycles. The number of phenols is 1. The summed E-state index contributed by atoms with van der Waals surface area (Å²) in [5.74, 6) is -0.0389. The summed E-state index contributed by atoms with van der Waals surface area (Å²) in [6.45, 7) is 6.71. The Labute approximate surface area is 309 Å². The lowest BCUT2D eigenvalue weighted by molar-refractivity contribution is -0.149. The third-order valence-electron chi connectivity index (χ3n) is 10.4. The van der Waals surface area contributed by atoms with Crippen molar-refractivity contribution < 1.29 is 29.7 Å². The molecule has 12 nitrogen and oxygen atoms in total. The van der Waals surface area contributed by atoms with Crippen LogP contribution in [0.2, 0.25) is 0 Å². The van der Waals surface area contributed by atoms with Crippen molar-refractivity contribution in [1.82, 2.24) is 25.4 Å². The van der Waals surface area contributed by atoms with Crippen molar-refractivity contribution in [3.05, 3.63) is 111 Å². The van der Waals surface area contributed by atoms with Gasteiger partial charge in [-0.2, -0.15) is 0 Å². The highest BCUT2D eigenvalue weighted by atomic mass is 16.4. The molecule has 4 aliphatic rings. The number of piperidine rings is 3. The van der Waals surface area contributed by atoms with E-state index in [4.69, 9.17) is 0 Å². The lowest BCUT2D eigenvalue weighted by Gasteiger charge is -2.47. The molecule has 12 heteroatoms. The maximum absolute atomic E-state index is 12.4. The smallest absolute Gasteiger partial charge is 0.317 e. The number of rotatable bonds is 12. The minimum atomic E-state index is -1.04. The Bertz CT molecular complexity index is 1840. The van der Waals surface area contributed by atoms with Gasteiger partial charge >= 0.3 is 5.97 Å². The third kappa shape index (κ3) is 9.96. The molecule has 8 rings (SSSR count). The van der Waals surface area contributed by atoms with Crippen LogP contribution in [0.1, 0.15) is 70.1 Å². The number of hydrogen-bond donors (Lipinski definition) is 6. The molecule has 4 aliphatic heterocycles. The molecule has 4 fully saturated rings. The number of carbonyl (C=O) groups excluding carboxylic acids is 2. The van der Waals surface area contributed by atoms with E-state index in [1.807, 2.05) is 13.1 Å². The molecule has 1 atom stereocenters. The average molecular weight is 726 g/mol. The molecule has 1 aromatic heterocycles. The van der Waals surface area contributed by atoms with Crippen LogP contribution in [-0.4, -0.2) is 108 Å². The van der Waals surface area contributed by atoms with Crippen LogP contribution in [0, 0.1) is 5.92 Å². The number of carboxylic acids is 1. The molecule has 4 aromatic rings. The molecule has 0 saturated carbocycles. The number of aliphatic hydroxyl groups is 1. The monoisotopic (exact) mass is 725 g/mol. The summed E-state index contributed by atoms with van der Waals surface area (Å²) in [5, 5.41) is 36.7. The van der Waals surface area contributed by atoms with Crippen molar-refractivity contribution in [3.8, 4) is 5.75 Å². The topological polar surface area (TPSA) is 175 Å². The number of likely N-dealkylation sites (tertiary alicyclic amines) is 1. The number of nitrogens with zero attached hydrogens (tertiary/aromatic N) is 2. The van der Waals surface area contributed by atoms with E-state index in [0.717, 1.165) is 31.8 Å². The van der Waals surface area contributed by atoms with E-state index in [9.17, 15) is 34.5 Å². The van der Waals surface area contributed by atoms with Crippen LogP contribution in [0.15, 0.2) is 83.7 Å². The number of aliphatic hydroxyl groups excluding tert-OH is 1. The standard InChI is InChI=1S/C18H15NO4.C16H23N3O3.C7H13N/c20-10-13-6-8-14(9-7-13)16(21)19-11-18(12-19,17(22)23)15-4-2-1-3-5-15;1-17-8-2-3-9-18-10-14(21)11-4-6-13(20)16-12(11)5-7-15(22)19-16;1-4-8-5-2-7(1)3-6-8/h1-10H,11-12H2,(H,22,23);4-7,14,17-18,20-21H,2-3,8-10H2,1H3,(H,19,22);7H,1-6H2/t;14-;/m.0./s1. The number of fused-ring (bicyclic) bond motifs is 4. The zero-order chi connectivity index (χ0) is 37.8. The summed E-state index contributed by atoms with van der Waals surface area (Å²) in [6, 6.07) is 21.5. The number of aromatic hydroxyl groups is 1. The van der Waals surface area contributed by atoms with E-state index < -0.39 is 17.5 Å². The van der Waals surface area contributed by atoms with E-state index in [2.05, 4.69) is 20.5 Å². The Hall–Kier alpha value is -4.88. The Morgan fingerprint density at radius 1 is 0.925 bits per heavy atom. The van der Waals surface area contributed by atoms with E-state index in [0.29, 0.717) is 46.0 Å². The van der Waals surface area contributed by atoms with Crippen LogP contribution in [-0.2, 0) is 10.2 Å². The molecule has 0 radical (unpaired) electrons. The maximum Gasteiger partial charge on any atom is 0.317 e. The van der Waals surface area contributed by atoms with Gasteiger partial charge in [0.1, 0.15) is 17.5 Å². The van der Waals surface area contributed by atoms with Crippen LogP contribution < -0.4 is 16.2 Å². The van der Waals surface area contributed by atoms with Gasteiger partial charge in [-0.15, -0.1) is 0 Å². The fourth-order valence-corrected chi connectivity index (χ4v) is 7.15. The highest BCUT2D eigenvalue weighted by Gasteiger charge is 2.52. The zero-order valence-electron chi connectivity index (χ0n) is 30.3. The molecule has 1 amide bonds. The lowest BCUT2D eigenvalue weighted by Crippen LogP contribution is -2.65.